The van der Waals surface area contributed by atoms with E-state index >= 15 is 0 Å². The van der Waals surface area contributed by atoms with Gasteiger partial charge in [-0.2, -0.15) is 0 Å². The Morgan fingerprint density at radius 2 is 1.60 bits per heavy atom. The lowest BCUT2D eigenvalue weighted by Gasteiger charge is -2.39. The molecule has 1 fully saturated rings. The molecule has 1 aromatic heterocycles. The number of rotatable bonds is 8. The summed E-state index contributed by atoms with van der Waals surface area (Å²) in [5, 5.41) is 10.8. The molecule has 0 radical (unpaired) electrons. The monoisotopic (exact) mass is 748 g/mol. The average Bonchev–Trinajstić information content (AvgIpc) is 3.53. The fourth-order valence-corrected chi connectivity index (χ4v) is 5.80. The van der Waals surface area contributed by atoms with Crippen molar-refractivity contribution < 1.29 is 28.9 Å². The number of aliphatic hydroxyl groups excluding tert-OH is 1. The largest absolute Gasteiger partial charge is 0.510 e. The van der Waals surface area contributed by atoms with Crippen LogP contribution in [0, 0.1) is 5.92 Å². The minimum Gasteiger partial charge on any atom is -0.430 e. The number of nitrogens with zero attached hydrogens (tertiary/aromatic N) is 2. The third-order valence-electron chi connectivity index (χ3n) is 6.87. The van der Waals surface area contributed by atoms with Crippen LogP contribution >= 0.6 is 57.4 Å². The zero-order valence-electron chi connectivity index (χ0n) is 23.3. The van der Waals surface area contributed by atoms with Crippen LogP contribution in [-0.2, 0) is 19.0 Å². The molecule has 8 nitrogen and oxygen atoms in total. The lowest BCUT2D eigenvalue weighted by molar-refractivity contribution is -0.153. The lowest BCUT2D eigenvalue weighted by Crippen LogP contribution is -2.51. The number of amides is 1. The van der Waals surface area contributed by atoms with Crippen molar-refractivity contribution >= 4 is 69.5 Å². The van der Waals surface area contributed by atoms with Crippen molar-refractivity contribution in [2.45, 2.75) is 53.0 Å². The first-order chi connectivity index (χ1) is 19.7. The van der Waals surface area contributed by atoms with E-state index in [2.05, 4.69) is 46.9 Å². The molecule has 1 saturated heterocycles. The molecular weight excluding hydrogens is 718 g/mol. The number of hydrogen-bond acceptors (Lipinski definition) is 6. The Balaban J connectivity index is 1.60. The van der Waals surface area contributed by atoms with Crippen molar-refractivity contribution in [2.75, 3.05) is 13.3 Å². The molecule has 0 aliphatic carbocycles. The Morgan fingerprint density at radius 3 is 2.14 bits per heavy atom. The molecule has 0 saturated carbocycles. The van der Waals surface area contributed by atoms with Crippen LogP contribution < -0.4 is 0 Å². The maximum absolute atomic E-state index is 14.2. The first-order valence-corrected chi connectivity index (χ1v) is 15.6. The highest BCUT2D eigenvalue weighted by Gasteiger charge is 2.45. The molecular formula is C30H32Cl3IN2O6. The second-order valence-electron chi connectivity index (χ2n) is 10.9. The third kappa shape index (κ3) is 8.54. The summed E-state index contributed by atoms with van der Waals surface area (Å²) in [5.74, 6) is -0.919. The maximum Gasteiger partial charge on any atom is 0.510 e. The molecule has 4 rings (SSSR count). The topological polar surface area (TPSA) is 90.2 Å². The first-order valence-electron chi connectivity index (χ1n) is 13.2. The fraction of sp³-hybridized carbons (Fsp3) is 0.400. The SMILES string of the molecule is CC(C)(C)N(COC(=O)OCC(Cl)(Cl)Cl)C(=O)[C@@H]([C@@H]1C[C@H](I)OC1O)n1ccc(-c2ccc(-c3ccccc3)cc2)c1. The summed E-state index contributed by atoms with van der Waals surface area (Å²) in [6, 6.07) is 19.4. The summed E-state index contributed by atoms with van der Waals surface area (Å²) in [7, 11) is 0. The van der Waals surface area contributed by atoms with Crippen LogP contribution in [0.25, 0.3) is 22.3 Å². The van der Waals surface area contributed by atoms with E-state index in [1.807, 2.05) is 69.6 Å². The van der Waals surface area contributed by atoms with Crippen LogP contribution in [0.15, 0.2) is 73.1 Å². The number of carbonyl (C=O) groups excluding carboxylic acids is 2. The number of aromatic nitrogens is 1. The van der Waals surface area contributed by atoms with Crippen molar-refractivity contribution in [3.05, 3.63) is 73.1 Å². The van der Waals surface area contributed by atoms with Gasteiger partial charge < -0.3 is 28.8 Å². The molecule has 2 heterocycles. The highest BCUT2D eigenvalue weighted by Crippen LogP contribution is 2.39. The van der Waals surface area contributed by atoms with Gasteiger partial charge in [0.2, 0.25) is 9.70 Å². The van der Waals surface area contributed by atoms with Crippen LogP contribution in [-0.4, -0.2) is 59.7 Å². The van der Waals surface area contributed by atoms with Crippen LogP contribution in [0.5, 0.6) is 0 Å². The van der Waals surface area contributed by atoms with E-state index in [4.69, 9.17) is 49.0 Å². The Kier molecular flexibility index (Phi) is 10.8. The number of ether oxygens (including phenoxy) is 3. The minimum atomic E-state index is -1.80. The van der Waals surface area contributed by atoms with Gasteiger partial charge in [0.15, 0.2) is 13.0 Å². The summed E-state index contributed by atoms with van der Waals surface area (Å²) in [6.07, 6.45) is 1.89. The quantitative estimate of drug-likeness (QED) is 0.111. The van der Waals surface area contributed by atoms with Crippen LogP contribution in [0.1, 0.15) is 33.2 Å². The number of aliphatic hydroxyl groups is 1. The molecule has 12 heteroatoms. The molecule has 42 heavy (non-hydrogen) atoms. The molecule has 226 valence electrons. The molecule has 1 unspecified atom stereocenters. The molecule has 1 aliphatic rings. The van der Waals surface area contributed by atoms with Gasteiger partial charge in [-0.25, -0.2) is 4.79 Å². The summed E-state index contributed by atoms with van der Waals surface area (Å²) in [6.45, 7) is 4.52. The number of alkyl halides is 4. The smallest absolute Gasteiger partial charge is 0.430 e. The van der Waals surface area contributed by atoms with Crippen molar-refractivity contribution in [2.24, 2.45) is 5.92 Å². The zero-order valence-corrected chi connectivity index (χ0v) is 27.7. The predicted molar refractivity (Wildman–Crippen MR) is 172 cm³/mol. The van der Waals surface area contributed by atoms with Gasteiger partial charge >= 0.3 is 6.16 Å². The normalized spacial score (nSPS) is 19.8. The minimum absolute atomic E-state index is 0.269. The first kappa shape index (κ1) is 32.9. The number of hydrogen-bond donors (Lipinski definition) is 1. The molecule has 1 aliphatic heterocycles. The van der Waals surface area contributed by atoms with Crippen molar-refractivity contribution in [3.8, 4) is 22.3 Å². The molecule has 0 bridgehead atoms. The van der Waals surface area contributed by atoms with Gasteiger partial charge in [0.25, 0.3) is 0 Å². The van der Waals surface area contributed by atoms with E-state index in [0.717, 1.165) is 22.3 Å². The van der Waals surface area contributed by atoms with Crippen molar-refractivity contribution in [3.63, 3.8) is 0 Å². The summed E-state index contributed by atoms with van der Waals surface area (Å²) >= 11 is 19.0. The zero-order chi connectivity index (χ0) is 30.7. The van der Waals surface area contributed by atoms with E-state index in [0.29, 0.717) is 6.42 Å². The molecule has 3 aromatic rings. The van der Waals surface area contributed by atoms with Gasteiger partial charge in [-0.3, -0.25) is 4.79 Å². The summed E-state index contributed by atoms with van der Waals surface area (Å²) in [4.78, 5) is 27.8. The highest BCUT2D eigenvalue weighted by molar-refractivity contribution is 14.1. The predicted octanol–water partition coefficient (Wildman–Crippen LogP) is 7.59. The van der Waals surface area contributed by atoms with Crippen molar-refractivity contribution in [1.29, 1.82) is 0 Å². The summed E-state index contributed by atoms with van der Waals surface area (Å²) in [5.41, 5.74) is 3.33. The standard InChI is InChI=1S/C30H32Cl3IN2O6/c1-29(2,3)36(18-41-28(39)40-17-30(31,32)33)26(37)25(23-15-24(34)42-27(23)38)35-14-13-22(16-35)21-11-9-20(10-12-21)19-7-5-4-6-8-19/h4-14,16,23-25,27,38H,15,17-18H2,1-3H3/t23-,24+,25+,27?/m0/s1. The molecule has 1 amide bonds. The third-order valence-corrected chi connectivity index (χ3v) is 8.00. The van der Waals surface area contributed by atoms with Crippen molar-refractivity contribution in [1.82, 2.24) is 9.47 Å². The second-order valence-corrected chi connectivity index (χ2v) is 14.8. The number of carbonyl (C=O) groups is 2. The van der Waals surface area contributed by atoms with Gasteiger partial charge in [-0.1, -0.05) is 112 Å². The van der Waals surface area contributed by atoms with Gasteiger partial charge in [-0.15, -0.1) is 0 Å². The average molecular weight is 750 g/mol. The fourth-order valence-electron chi connectivity index (χ4n) is 4.74. The van der Waals surface area contributed by atoms with Crippen LogP contribution in [0.3, 0.4) is 0 Å². The summed E-state index contributed by atoms with van der Waals surface area (Å²) < 4.78 is 15.4. The Labute approximate surface area is 273 Å². The van der Waals surface area contributed by atoms with E-state index in [9.17, 15) is 14.7 Å². The van der Waals surface area contributed by atoms with E-state index in [1.165, 1.54) is 4.90 Å². The van der Waals surface area contributed by atoms with E-state index in [1.54, 1.807) is 4.57 Å². The molecule has 2 aromatic carbocycles. The number of halogens is 4. The molecule has 0 spiro atoms. The molecule has 1 N–H and O–H groups in total. The number of benzene rings is 2. The Hall–Kier alpha value is -2.02. The van der Waals surface area contributed by atoms with Gasteiger partial charge in [0.1, 0.15) is 16.8 Å². The lowest BCUT2D eigenvalue weighted by atomic mass is 9.94. The van der Waals surface area contributed by atoms with E-state index < -0.39 is 47.1 Å². The second kappa shape index (κ2) is 13.7. The highest BCUT2D eigenvalue weighted by atomic mass is 127. The van der Waals surface area contributed by atoms with Gasteiger partial charge in [0, 0.05) is 23.9 Å². The van der Waals surface area contributed by atoms with Gasteiger partial charge in [0.05, 0.1) is 0 Å². The van der Waals surface area contributed by atoms with Crippen LogP contribution in [0.2, 0.25) is 0 Å². The maximum atomic E-state index is 14.2. The van der Waals surface area contributed by atoms with Crippen LogP contribution in [0.4, 0.5) is 4.79 Å². The van der Waals surface area contributed by atoms with E-state index in [-0.39, 0.29) is 10.0 Å². The molecule has 4 atom stereocenters. The van der Waals surface area contributed by atoms with Gasteiger partial charge in [-0.05, 0) is 55.5 Å². The Bertz CT molecular complexity index is 1360. The Morgan fingerprint density at radius 1 is 1.00 bits per heavy atom.